The maximum atomic E-state index is 8.12. The van der Waals surface area contributed by atoms with Crippen LogP contribution in [0.2, 0.25) is 10.0 Å². The zero-order chi connectivity index (χ0) is 25.5. The summed E-state index contributed by atoms with van der Waals surface area (Å²) in [6.07, 6.45) is 4.91. The average Bonchev–Trinajstić information content (AvgIpc) is 3.23. The van der Waals surface area contributed by atoms with Gasteiger partial charge in [-0.2, -0.15) is 9.59 Å². The smallest absolute Gasteiger partial charge is 0.373 e. The first-order valence-corrected chi connectivity index (χ1v) is 13.8. The number of ether oxygens (including phenoxy) is 1. The van der Waals surface area contributed by atoms with Crippen LogP contribution in [0.3, 0.4) is 0 Å². The third kappa shape index (κ3) is 4.69. The van der Waals surface area contributed by atoms with E-state index in [-0.39, 0.29) is 12.3 Å². The number of rotatable bonds is 6. The van der Waals surface area contributed by atoms with Gasteiger partial charge in [0.15, 0.2) is 5.13 Å². The van der Waals surface area contributed by atoms with Gasteiger partial charge in [-0.25, -0.2) is 4.98 Å². The molecule has 2 aliphatic carbocycles. The lowest BCUT2D eigenvalue weighted by molar-refractivity contribution is -0.191. The second-order valence-electron chi connectivity index (χ2n) is 9.68. The molecular weight excluding hydrogens is 533 g/mol. The molecule has 7 rings (SSSR count). The summed E-state index contributed by atoms with van der Waals surface area (Å²) in [6, 6.07) is 14.4. The monoisotopic (exact) mass is 555 g/mol. The van der Waals surface area contributed by atoms with Crippen molar-refractivity contribution in [2.75, 3.05) is 11.4 Å². The van der Waals surface area contributed by atoms with Crippen LogP contribution in [-0.4, -0.2) is 35.0 Å². The quantitative estimate of drug-likeness (QED) is 0.260. The van der Waals surface area contributed by atoms with Crippen molar-refractivity contribution in [3.8, 4) is 11.3 Å². The maximum absolute atomic E-state index is 8.12. The number of aromatic nitrogens is 2. The van der Waals surface area contributed by atoms with E-state index in [0.717, 1.165) is 65.5 Å². The van der Waals surface area contributed by atoms with Crippen molar-refractivity contribution in [2.24, 2.45) is 5.92 Å². The van der Waals surface area contributed by atoms with Gasteiger partial charge in [-0.3, -0.25) is 0 Å². The van der Waals surface area contributed by atoms with E-state index in [2.05, 4.69) is 34.3 Å². The molecule has 0 unspecified atom stereocenters. The number of nitrogens with zero attached hydrogens (tertiary/aromatic N) is 3. The minimum atomic E-state index is 0.229. The molecule has 3 heterocycles. The lowest BCUT2D eigenvalue weighted by Gasteiger charge is -2.31. The number of halogens is 2. The molecule has 2 aromatic carbocycles. The molecule has 190 valence electrons. The molecule has 2 saturated carbocycles. The van der Waals surface area contributed by atoms with Gasteiger partial charge in [-0.1, -0.05) is 57.9 Å². The zero-order valence-corrected chi connectivity index (χ0v) is 22.1. The van der Waals surface area contributed by atoms with E-state index >= 15 is 0 Å². The van der Waals surface area contributed by atoms with Crippen molar-refractivity contribution >= 4 is 56.0 Å². The summed E-state index contributed by atoms with van der Waals surface area (Å²) in [6.45, 7) is 1.47. The van der Waals surface area contributed by atoms with Gasteiger partial charge in [-0.05, 0) is 49.9 Å². The molecular formula is C27H23Cl2N3O4S. The van der Waals surface area contributed by atoms with Crippen molar-refractivity contribution in [1.29, 1.82) is 0 Å². The molecule has 37 heavy (non-hydrogen) atoms. The van der Waals surface area contributed by atoms with Crippen LogP contribution in [0.5, 0.6) is 0 Å². The highest BCUT2D eigenvalue weighted by Crippen LogP contribution is 2.48. The Morgan fingerprint density at radius 1 is 1.08 bits per heavy atom. The van der Waals surface area contributed by atoms with E-state index in [1.54, 1.807) is 11.3 Å². The van der Waals surface area contributed by atoms with Crippen LogP contribution >= 0.6 is 34.5 Å². The van der Waals surface area contributed by atoms with Crippen LogP contribution in [0.1, 0.15) is 42.9 Å². The number of hydrogen-bond donors (Lipinski definition) is 0. The largest absolute Gasteiger partial charge is 0.373 e. The lowest BCUT2D eigenvalue weighted by Crippen LogP contribution is -2.38. The Bertz CT molecular complexity index is 1420. The van der Waals surface area contributed by atoms with Gasteiger partial charge in [0.1, 0.15) is 11.5 Å². The first kappa shape index (κ1) is 24.6. The molecule has 1 aliphatic heterocycles. The van der Waals surface area contributed by atoms with Crippen molar-refractivity contribution in [3.05, 3.63) is 63.8 Å². The maximum Gasteiger partial charge on any atom is 0.373 e. The number of benzene rings is 2. The molecule has 4 aromatic rings. The van der Waals surface area contributed by atoms with Gasteiger partial charge >= 0.3 is 6.15 Å². The third-order valence-electron chi connectivity index (χ3n) is 7.41. The lowest BCUT2D eigenvalue weighted by atomic mass is 10.0. The molecule has 0 spiro atoms. The Hall–Kier alpha value is -2.74. The van der Waals surface area contributed by atoms with E-state index < -0.39 is 0 Å². The number of anilines is 1. The highest BCUT2D eigenvalue weighted by atomic mass is 35.5. The summed E-state index contributed by atoms with van der Waals surface area (Å²) in [4.78, 5) is 23.6. The molecule has 3 aliphatic rings. The molecule has 7 nitrogen and oxygen atoms in total. The van der Waals surface area contributed by atoms with Crippen LogP contribution in [0.15, 0.2) is 47.0 Å². The standard InChI is InChI=1S/C26H23Cl2N3O2S.CO2/c27-18-4-3-5-19(28)23(18)24-17(25(33-30-24)14-8-9-14)13-32-21-11-16-10-15(21)12-31(16)26-29-20-6-1-2-7-22(20)34-26;2-1-3/h1-7,14-16,21H,8-13H2;/t15-,16-,21+;/m1./s1. The van der Waals surface area contributed by atoms with Crippen molar-refractivity contribution < 1.29 is 18.8 Å². The van der Waals surface area contributed by atoms with Crippen LogP contribution in [0.4, 0.5) is 5.13 Å². The minimum absolute atomic E-state index is 0.229. The van der Waals surface area contributed by atoms with Crippen molar-refractivity contribution in [3.63, 3.8) is 0 Å². The van der Waals surface area contributed by atoms with Crippen LogP contribution in [0.25, 0.3) is 21.5 Å². The second kappa shape index (κ2) is 10.2. The number of para-hydroxylation sites is 1. The summed E-state index contributed by atoms with van der Waals surface area (Å²) >= 11 is 14.8. The molecule has 0 N–H and O–H groups in total. The number of fused-ring (bicyclic) bond motifs is 3. The summed E-state index contributed by atoms with van der Waals surface area (Å²) in [5.41, 5.74) is 3.54. The summed E-state index contributed by atoms with van der Waals surface area (Å²) in [5.74, 6) is 1.87. The fourth-order valence-corrected chi connectivity index (χ4v) is 7.19. The van der Waals surface area contributed by atoms with E-state index in [1.165, 1.54) is 4.70 Å². The molecule has 1 saturated heterocycles. The van der Waals surface area contributed by atoms with Crippen LogP contribution < -0.4 is 4.90 Å². The van der Waals surface area contributed by atoms with Gasteiger partial charge in [0.2, 0.25) is 0 Å². The number of thiazole rings is 1. The third-order valence-corrected chi connectivity index (χ3v) is 9.12. The number of piperidine rings is 1. The van der Waals surface area contributed by atoms with Gasteiger partial charge in [-0.15, -0.1) is 0 Å². The minimum Gasteiger partial charge on any atom is -0.373 e. The molecule has 3 fully saturated rings. The molecule has 3 atom stereocenters. The normalized spacial score (nSPS) is 22.2. The Morgan fingerprint density at radius 2 is 1.84 bits per heavy atom. The topological polar surface area (TPSA) is 85.5 Å². The predicted octanol–water partition coefficient (Wildman–Crippen LogP) is 6.74. The Balaban J connectivity index is 0.000000804. The molecule has 2 aromatic heterocycles. The number of carbonyl (C=O) groups excluding carboxylic acids is 2. The average molecular weight is 556 g/mol. The molecule has 0 amide bonds. The first-order valence-electron chi connectivity index (χ1n) is 12.2. The van der Waals surface area contributed by atoms with Crippen LogP contribution in [0, 0.1) is 5.92 Å². The fourth-order valence-electron chi connectivity index (χ4n) is 5.57. The Morgan fingerprint density at radius 3 is 2.51 bits per heavy atom. The van der Waals surface area contributed by atoms with Gasteiger partial charge < -0.3 is 14.2 Å². The van der Waals surface area contributed by atoms with Gasteiger partial charge in [0.05, 0.1) is 33.0 Å². The Labute approximate surface area is 227 Å². The molecule has 2 bridgehead atoms. The Kier molecular flexibility index (Phi) is 6.78. The van der Waals surface area contributed by atoms with Crippen LogP contribution in [-0.2, 0) is 20.9 Å². The van der Waals surface area contributed by atoms with E-state index in [4.69, 9.17) is 47.0 Å². The molecule has 10 heteroatoms. The second-order valence-corrected chi connectivity index (χ2v) is 11.5. The highest BCUT2D eigenvalue weighted by molar-refractivity contribution is 7.22. The van der Waals surface area contributed by atoms with Gasteiger partial charge in [0, 0.05) is 35.5 Å². The predicted molar refractivity (Wildman–Crippen MR) is 141 cm³/mol. The number of hydrogen-bond acceptors (Lipinski definition) is 8. The van der Waals surface area contributed by atoms with E-state index in [9.17, 15) is 0 Å². The molecule has 0 radical (unpaired) electrons. The van der Waals surface area contributed by atoms with Gasteiger partial charge in [0.25, 0.3) is 0 Å². The summed E-state index contributed by atoms with van der Waals surface area (Å²) in [5, 5.41) is 6.69. The summed E-state index contributed by atoms with van der Waals surface area (Å²) < 4.78 is 13.6. The SMILES string of the molecule is Clc1cccc(Cl)c1-c1noc(C2CC2)c1CO[C@H]1C[C@H]2C[C@@H]1CN2c1nc2ccccc2s1.O=C=O. The van der Waals surface area contributed by atoms with Crippen molar-refractivity contribution in [2.45, 2.75) is 50.4 Å². The van der Waals surface area contributed by atoms with Crippen molar-refractivity contribution in [1.82, 2.24) is 10.1 Å². The zero-order valence-electron chi connectivity index (χ0n) is 19.7. The van der Waals surface area contributed by atoms with E-state index in [0.29, 0.717) is 34.5 Å². The van der Waals surface area contributed by atoms with E-state index in [1.807, 2.05) is 18.2 Å². The summed E-state index contributed by atoms with van der Waals surface area (Å²) in [7, 11) is 0. The first-order chi connectivity index (χ1) is 18.1. The highest BCUT2D eigenvalue weighted by Gasteiger charge is 2.46. The fraction of sp³-hybridized carbons (Fsp3) is 0.370.